The van der Waals surface area contributed by atoms with E-state index >= 15 is 0 Å². The molecule has 2 heterocycles. The van der Waals surface area contributed by atoms with Gasteiger partial charge in [0.25, 0.3) is 0 Å². The molecule has 0 unspecified atom stereocenters. The van der Waals surface area contributed by atoms with E-state index in [1.165, 1.54) is 0 Å². The molecule has 0 radical (unpaired) electrons. The maximum atomic E-state index is 13.5. The lowest BCUT2D eigenvalue weighted by Gasteiger charge is -2.34. The Morgan fingerprint density at radius 2 is 1.83 bits per heavy atom. The van der Waals surface area contributed by atoms with Crippen molar-refractivity contribution in [3.8, 4) is 0 Å². The number of aromatic nitrogens is 2. The van der Waals surface area contributed by atoms with Crippen LogP contribution >= 0.6 is 0 Å². The molecule has 0 aliphatic carbocycles. The number of anilines is 1. The molecule has 1 aromatic heterocycles. The minimum atomic E-state index is -0.539. The Balaban J connectivity index is 1.51. The summed E-state index contributed by atoms with van der Waals surface area (Å²) in [5, 5.41) is 2.62. The topological polar surface area (TPSA) is 61.4 Å². The van der Waals surface area contributed by atoms with Gasteiger partial charge in [0.2, 0.25) is 5.95 Å². The number of hydrogen-bond donors (Lipinski definition) is 1. The van der Waals surface area contributed by atoms with Crippen molar-refractivity contribution in [3.63, 3.8) is 0 Å². The molecule has 6 nitrogen and oxygen atoms in total. The van der Waals surface area contributed by atoms with Crippen LogP contribution in [0.3, 0.4) is 0 Å². The summed E-state index contributed by atoms with van der Waals surface area (Å²) in [6, 6.07) is 4.63. The van der Waals surface area contributed by atoms with Crippen molar-refractivity contribution in [2.24, 2.45) is 0 Å². The first-order valence-corrected chi connectivity index (χ1v) is 7.62. The van der Waals surface area contributed by atoms with Gasteiger partial charge in [0.1, 0.15) is 11.6 Å². The smallest absolute Gasteiger partial charge is 0.317 e. The molecule has 1 saturated heterocycles. The fourth-order valence-electron chi connectivity index (χ4n) is 2.53. The molecule has 1 aromatic carbocycles. The first-order chi connectivity index (χ1) is 11.6. The molecule has 1 aliphatic heterocycles. The zero-order valence-corrected chi connectivity index (χ0v) is 13.0. The highest BCUT2D eigenvalue weighted by atomic mass is 19.1. The van der Waals surface area contributed by atoms with Gasteiger partial charge in [-0.05, 0) is 24.3 Å². The van der Waals surface area contributed by atoms with E-state index in [0.717, 1.165) is 18.2 Å². The van der Waals surface area contributed by atoms with E-state index in [9.17, 15) is 13.6 Å². The SMILES string of the molecule is O=C(NCc1cc(F)ccc1F)N1CCN(c2ncccn2)CC1. The van der Waals surface area contributed by atoms with E-state index < -0.39 is 11.6 Å². The van der Waals surface area contributed by atoms with Crippen molar-refractivity contribution < 1.29 is 13.6 Å². The molecular weight excluding hydrogens is 316 g/mol. The average Bonchev–Trinajstić information content (AvgIpc) is 2.63. The number of carbonyl (C=O) groups excluding carboxylic acids is 1. The molecule has 2 amide bonds. The zero-order chi connectivity index (χ0) is 16.9. The molecule has 0 atom stereocenters. The maximum Gasteiger partial charge on any atom is 0.317 e. The van der Waals surface area contributed by atoms with Crippen molar-refractivity contribution in [1.29, 1.82) is 0 Å². The fourth-order valence-corrected chi connectivity index (χ4v) is 2.53. The third kappa shape index (κ3) is 3.76. The lowest BCUT2D eigenvalue weighted by Crippen LogP contribution is -2.52. The van der Waals surface area contributed by atoms with Gasteiger partial charge in [-0.2, -0.15) is 0 Å². The first kappa shape index (κ1) is 16.1. The Morgan fingerprint density at radius 3 is 2.54 bits per heavy atom. The van der Waals surface area contributed by atoms with E-state index in [1.807, 2.05) is 4.90 Å². The van der Waals surface area contributed by atoms with Crippen LogP contribution in [0.1, 0.15) is 5.56 Å². The highest BCUT2D eigenvalue weighted by Gasteiger charge is 2.22. The van der Waals surface area contributed by atoms with Crippen LogP contribution in [-0.2, 0) is 6.54 Å². The van der Waals surface area contributed by atoms with Gasteiger partial charge < -0.3 is 15.1 Å². The third-order valence-corrected chi connectivity index (χ3v) is 3.84. The molecule has 0 spiro atoms. The number of urea groups is 1. The van der Waals surface area contributed by atoms with Crippen LogP contribution in [0.4, 0.5) is 19.5 Å². The van der Waals surface area contributed by atoms with E-state index in [-0.39, 0.29) is 18.1 Å². The zero-order valence-electron chi connectivity index (χ0n) is 13.0. The van der Waals surface area contributed by atoms with Crippen molar-refractivity contribution >= 4 is 12.0 Å². The van der Waals surface area contributed by atoms with Crippen molar-refractivity contribution in [2.45, 2.75) is 6.54 Å². The number of carbonyl (C=O) groups is 1. The third-order valence-electron chi connectivity index (χ3n) is 3.84. The number of amides is 2. The summed E-state index contributed by atoms with van der Waals surface area (Å²) in [4.78, 5) is 24.2. The summed E-state index contributed by atoms with van der Waals surface area (Å²) in [6.45, 7) is 2.20. The Hall–Kier alpha value is -2.77. The largest absolute Gasteiger partial charge is 0.337 e. The first-order valence-electron chi connectivity index (χ1n) is 7.62. The molecule has 0 saturated carbocycles. The second-order valence-corrected chi connectivity index (χ2v) is 5.42. The summed E-state index contributed by atoms with van der Waals surface area (Å²) >= 11 is 0. The Labute approximate surface area is 138 Å². The van der Waals surface area contributed by atoms with Crippen LogP contribution in [-0.4, -0.2) is 47.1 Å². The van der Waals surface area contributed by atoms with Crippen LogP contribution in [0, 0.1) is 11.6 Å². The number of halogens is 2. The van der Waals surface area contributed by atoms with Crippen LogP contribution in [0.2, 0.25) is 0 Å². The van der Waals surface area contributed by atoms with Gasteiger partial charge in [-0.25, -0.2) is 23.5 Å². The van der Waals surface area contributed by atoms with Gasteiger partial charge in [-0.1, -0.05) is 0 Å². The maximum absolute atomic E-state index is 13.5. The number of piperazine rings is 1. The lowest BCUT2D eigenvalue weighted by molar-refractivity contribution is 0.193. The molecule has 1 aliphatic rings. The Kier molecular flexibility index (Phi) is 4.83. The van der Waals surface area contributed by atoms with E-state index in [1.54, 1.807) is 23.4 Å². The number of benzene rings is 1. The molecule has 126 valence electrons. The van der Waals surface area contributed by atoms with Gasteiger partial charge >= 0.3 is 6.03 Å². The summed E-state index contributed by atoms with van der Waals surface area (Å²) in [7, 11) is 0. The average molecular weight is 333 g/mol. The van der Waals surface area contributed by atoms with Crippen LogP contribution < -0.4 is 10.2 Å². The number of hydrogen-bond acceptors (Lipinski definition) is 4. The highest BCUT2D eigenvalue weighted by Crippen LogP contribution is 2.11. The minimum absolute atomic E-state index is 0.0512. The predicted octanol–water partition coefficient (Wildman–Crippen LogP) is 1.79. The van der Waals surface area contributed by atoms with Crippen molar-refractivity contribution in [2.75, 3.05) is 31.1 Å². The van der Waals surface area contributed by atoms with Gasteiger partial charge in [0.05, 0.1) is 0 Å². The van der Waals surface area contributed by atoms with E-state index in [4.69, 9.17) is 0 Å². The molecule has 8 heteroatoms. The quantitative estimate of drug-likeness (QED) is 0.930. The molecule has 1 fully saturated rings. The van der Waals surface area contributed by atoms with Gasteiger partial charge in [0, 0.05) is 50.7 Å². The van der Waals surface area contributed by atoms with Gasteiger partial charge in [-0.3, -0.25) is 0 Å². The van der Waals surface area contributed by atoms with Crippen LogP contribution in [0.5, 0.6) is 0 Å². The fraction of sp³-hybridized carbons (Fsp3) is 0.312. The standard InChI is InChI=1S/C16H17F2N5O/c17-13-2-3-14(18)12(10-13)11-21-16(24)23-8-6-22(7-9-23)15-19-4-1-5-20-15/h1-5,10H,6-9,11H2,(H,21,24). The molecule has 24 heavy (non-hydrogen) atoms. The number of rotatable bonds is 3. The van der Waals surface area contributed by atoms with E-state index in [2.05, 4.69) is 15.3 Å². The predicted molar refractivity (Wildman–Crippen MR) is 84.4 cm³/mol. The summed E-state index contributed by atoms with van der Waals surface area (Å²) in [5.74, 6) is -0.431. The van der Waals surface area contributed by atoms with Gasteiger partial charge in [-0.15, -0.1) is 0 Å². The Morgan fingerprint density at radius 1 is 1.12 bits per heavy atom. The minimum Gasteiger partial charge on any atom is -0.337 e. The molecular formula is C16H17F2N5O. The monoisotopic (exact) mass is 333 g/mol. The van der Waals surface area contributed by atoms with Crippen LogP contribution in [0.15, 0.2) is 36.7 Å². The summed E-state index contributed by atoms with van der Waals surface area (Å²) < 4.78 is 26.7. The second-order valence-electron chi connectivity index (χ2n) is 5.42. The Bertz CT molecular complexity index is 705. The van der Waals surface area contributed by atoms with Gasteiger partial charge in [0.15, 0.2) is 0 Å². The molecule has 1 N–H and O–H groups in total. The van der Waals surface area contributed by atoms with Crippen molar-refractivity contribution in [3.05, 3.63) is 53.9 Å². The highest BCUT2D eigenvalue weighted by molar-refractivity contribution is 5.74. The number of nitrogens with zero attached hydrogens (tertiary/aromatic N) is 4. The summed E-state index contributed by atoms with van der Waals surface area (Å²) in [6.07, 6.45) is 3.35. The second kappa shape index (κ2) is 7.20. The lowest BCUT2D eigenvalue weighted by atomic mass is 10.2. The van der Waals surface area contributed by atoms with Crippen LogP contribution in [0.25, 0.3) is 0 Å². The van der Waals surface area contributed by atoms with Crippen molar-refractivity contribution in [1.82, 2.24) is 20.2 Å². The normalized spacial score (nSPS) is 14.6. The molecule has 0 bridgehead atoms. The molecule has 3 rings (SSSR count). The number of nitrogens with one attached hydrogen (secondary N) is 1. The summed E-state index contributed by atoms with van der Waals surface area (Å²) in [5.41, 5.74) is 0.125. The van der Waals surface area contributed by atoms with E-state index in [0.29, 0.717) is 32.1 Å². The molecule has 2 aromatic rings.